The molecule has 6 heteroatoms. The molecule has 2 heterocycles. The summed E-state index contributed by atoms with van der Waals surface area (Å²) in [5.41, 5.74) is 2.16. The molecule has 1 saturated heterocycles. The zero-order chi connectivity index (χ0) is 13.1. The average molecular weight is 268 g/mol. The summed E-state index contributed by atoms with van der Waals surface area (Å²) in [6, 6.07) is 4.50. The van der Waals surface area contributed by atoms with Crippen molar-refractivity contribution < 1.29 is 4.79 Å². The minimum Gasteiger partial charge on any atom is -0.305 e. The highest BCUT2D eigenvalue weighted by atomic mass is 32.1. The zero-order valence-electron chi connectivity index (χ0n) is 10.8. The molecule has 18 heavy (non-hydrogen) atoms. The second-order valence-corrected chi connectivity index (χ2v) is 6.05. The van der Waals surface area contributed by atoms with Gasteiger partial charge in [-0.3, -0.25) is 15.1 Å². The fraction of sp³-hybridized carbons (Fsp3) is 0.583. The standard InChI is InChI=1S/C12H20N4OS/c1-15(2)9-5-6-16(7-9)8-10-3-4-11(18-10)12(17)14-13/h3-4,9H,5-8,13H2,1-2H3,(H,14,17). The zero-order valence-corrected chi connectivity index (χ0v) is 11.7. The molecule has 1 aliphatic heterocycles. The Morgan fingerprint density at radius 3 is 3.00 bits per heavy atom. The number of rotatable bonds is 4. The summed E-state index contributed by atoms with van der Waals surface area (Å²) in [5, 5.41) is 0. The van der Waals surface area contributed by atoms with E-state index in [1.807, 2.05) is 12.1 Å². The van der Waals surface area contributed by atoms with Gasteiger partial charge in [-0.25, -0.2) is 5.84 Å². The van der Waals surface area contributed by atoms with Crippen LogP contribution in [0, 0.1) is 0 Å². The third-order valence-electron chi connectivity index (χ3n) is 3.37. The van der Waals surface area contributed by atoms with E-state index in [0.717, 1.165) is 19.6 Å². The fourth-order valence-corrected chi connectivity index (χ4v) is 3.21. The minimum atomic E-state index is -0.209. The Labute approximate surface area is 112 Å². The second-order valence-electron chi connectivity index (χ2n) is 4.88. The Morgan fingerprint density at radius 1 is 1.61 bits per heavy atom. The third kappa shape index (κ3) is 3.08. The van der Waals surface area contributed by atoms with Crippen LogP contribution in [0.5, 0.6) is 0 Å². The number of nitrogens with two attached hydrogens (primary N) is 1. The van der Waals surface area contributed by atoms with E-state index in [1.165, 1.54) is 22.6 Å². The molecule has 1 amide bonds. The van der Waals surface area contributed by atoms with Crippen molar-refractivity contribution >= 4 is 17.2 Å². The molecule has 5 nitrogen and oxygen atoms in total. The van der Waals surface area contributed by atoms with Crippen molar-refractivity contribution in [3.05, 3.63) is 21.9 Å². The molecule has 2 rings (SSSR count). The predicted molar refractivity (Wildman–Crippen MR) is 73.3 cm³/mol. The highest BCUT2D eigenvalue weighted by Gasteiger charge is 2.24. The van der Waals surface area contributed by atoms with Gasteiger partial charge in [-0.05, 0) is 32.6 Å². The molecule has 0 aromatic carbocycles. The van der Waals surface area contributed by atoms with Crippen LogP contribution in [0.2, 0.25) is 0 Å². The molecule has 0 aliphatic carbocycles. The van der Waals surface area contributed by atoms with Crippen molar-refractivity contribution in [2.75, 3.05) is 27.2 Å². The number of hydrogen-bond acceptors (Lipinski definition) is 5. The molecular formula is C12H20N4OS. The monoisotopic (exact) mass is 268 g/mol. The van der Waals surface area contributed by atoms with Gasteiger partial charge in [-0.15, -0.1) is 11.3 Å². The maximum absolute atomic E-state index is 11.4. The number of nitrogens with one attached hydrogen (secondary N) is 1. The molecule has 1 unspecified atom stereocenters. The van der Waals surface area contributed by atoms with Crippen LogP contribution in [0.25, 0.3) is 0 Å². The van der Waals surface area contributed by atoms with E-state index in [0.29, 0.717) is 10.9 Å². The highest BCUT2D eigenvalue weighted by molar-refractivity contribution is 7.14. The lowest BCUT2D eigenvalue weighted by molar-refractivity contribution is 0.0957. The van der Waals surface area contributed by atoms with E-state index in [-0.39, 0.29) is 5.91 Å². The molecule has 1 atom stereocenters. The van der Waals surface area contributed by atoms with Gasteiger partial charge in [0.15, 0.2) is 0 Å². The largest absolute Gasteiger partial charge is 0.305 e. The van der Waals surface area contributed by atoms with Gasteiger partial charge in [-0.1, -0.05) is 0 Å². The van der Waals surface area contributed by atoms with E-state index in [2.05, 4.69) is 29.3 Å². The number of likely N-dealkylation sites (tertiary alicyclic amines) is 1. The van der Waals surface area contributed by atoms with Crippen LogP contribution in [0.3, 0.4) is 0 Å². The first kappa shape index (κ1) is 13.5. The smallest absolute Gasteiger partial charge is 0.275 e. The van der Waals surface area contributed by atoms with Gasteiger partial charge < -0.3 is 4.90 Å². The average Bonchev–Trinajstić information content (AvgIpc) is 2.98. The third-order valence-corrected chi connectivity index (χ3v) is 4.44. The molecule has 0 radical (unpaired) electrons. The summed E-state index contributed by atoms with van der Waals surface area (Å²) in [5.74, 6) is 4.91. The van der Waals surface area contributed by atoms with Crippen LogP contribution in [0.4, 0.5) is 0 Å². The first-order chi connectivity index (χ1) is 8.60. The molecule has 1 aromatic rings. The van der Waals surface area contributed by atoms with Crippen molar-refractivity contribution in [2.45, 2.75) is 19.0 Å². The molecule has 1 aliphatic rings. The normalized spacial score (nSPS) is 20.6. The van der Waals surface area contributed by atoms with Gasteiger partial charge in [0, 0.05) is 30.6 Å². The number of nitrogen functional groups attached to an aromatic ring is 1. The number of hydrogen-bond donors (Lipinski definition) is 2. The number of likely N-dealkylation sites (N-methyl/N-ethyl adjacent to an activating group) is 1. The number of hydrazine groups is 1. The maximum atomic E-state index is 11.4. The molecule has 1 fully saturated rings. The Bertz CT molecular complexity index is 418. The molecule has 3 N–H and O–H groups in total. The van der Waals surface area contributed by atoms with Gasteiger partial charge in [0.2, 0.25) is 0 Å². The van der Waals surface area contributed by atoms with Crippen LogP contribution >= 0.6 is 11.3 Å². The number of amides is 1. The molecule has 1 aromatic heterocycles. The second kappa shape index (κ2) is 5.79. The van der Waals surface area contributed by atoms with Gasteiger partial charge in [0.05, 0.1) is 4.88 Å². The van der Waals surface area contributed by atoms with Crippen LogP contribution in [-0.4, -0.2) is 48.9 Å². The van der Waals surface area contributed by atoms with Crippen molar-refractivity contribution in [2.24, 2.45) is 5.84 Å². The lowest BCUT2D eigenvalue weighted by Gasteiger charge is -2.19. The SMILES string of the molecule is CN(C)C1CCN(Cc2ccc(C(=O)NN)s2)C1. The van der Waals surface area contributed by atoms with E-state index < -0.39 is 0 Å². The van der Waals surface area contributed by atoms with E-state index in [1.54, 1.807) is 0 Å². The quantitative estimate of drug-likeness (QED) is 0.474. The molecule has 100 valence electrons. The van der Waals surface area contributed by atoms with Gasteiger partial charge in [0.1, 0.15) is 0 Å². The summed E-state index contributed by atoms with van der Waals surface area (Å²) >= 11 is 1.51. The minimum absolute atomic E-state index is 0.209. The molecule has 0 bridgehead atoms. The summed E-state index contributed by atoms with van der Waals surface area (Å²) in [7, 11) is 4.26. The Hall–Kier alpha value is -0.950. The lowest BCUT2D eigenvalue weighted by atomic mass is 10.2. The van der Waals surface area contributed by atoms with Crippen molar-refractivity contribution in [3.8, 4) is 0 Å². The maximum Gasteiger partial charge on any atom is 0.275 e. The highest BCUT2D eigenvalue weighted by Crippen LogP contribution is 2.21. The van der Waals surface area contributed by atoms with Gasteiger partial charge >= 0.3 is 0 Å². The van der Waals surface area contributed by atoms with Crippen LogP contribution < -0.4 is 11.3 Å². The fourth-order valence-electron chi connectivity index (χ4n) is 2.25. The van der Waals surface area contributed by atoms with Crippen molar-refractivity contribution in [3.63, 3.8) is 0 Å². The van der Waals surface area contributed by atoms with E-state index >= 15 is 0 Å². The van der Waals surface area contributed by atoms with Crippen molar-refractivity contribution in [1.82, 2.24) is 15.2 Å². The van der Waals surface area contributed by atoms with E-state index in [9.17, 15) is 4.79 Å². The first-order valence-corrected chi connectivity index (χ1v) is 6.90. The summed E-state index contributed by atoms with van der Waals surface area (Å²) in [6.07, 6.45) is 1.22. The topological polar surface area (TPSA) is 61.6 Å². The summed E-state index contributed by atoms with van der Waals surface area (Å²) < 4.78 is 0. The first-order valence-electron chi connectivity index (χ1n) is 6.08. The summed E-state index contributed by atoms with van der Waals surface area (Å²) in [6.45, 7) is 3.15. The Kier molecular flexibility index (Phi) is 4.34. The Balaban J connectivity index is 1.91. The number of thiophene rings is 1. The number of carbonyl (C=O) groups is 1. The van der Waals surface area contributed by atoms with Crippen LogP contribution in [-0.2, 0) is 6.54 Å². The lowest BCUT2D eigenvalue weighted by Crippen LogP contribution is -2.31. The number of carbonyl (C=O) groups excluding carboxylic acids is 1. The molecule has 0 saturated carbocycles. The predicted octanol–water partition coefficient (Wildman–Crippen LogP) is 0.488. The number of nitrogens with zero attached hydrogens (tertiary/aromatic N) is 2. The Morgan fingerprint density at radius 2 is 2.39 bits per heavy atom. The summed E-state index contributed by atoms with van der Waals surface area (Å²) in [4.78, 5) is 18.0. The molecule has 0 spiro atoms. The van der Waals surface area contributed by atoms with Gasteiger partial charge in [-0.2, -0.15) is 0 Å². The van der Waals surface area contributed by atoms with E-state index in [4.69, 9.17) is 5.84 Å². The van der Waals surface area contributed by atoms with Crippen LogP contribution in [0.15, 0.2) is 12.1 Å². The van der Waals surface area contributed by atoms with Crippen molar-refractivity contribution in [1.29, 1.82) is 0 Å². The van der Waals surface area contributed by atoms with Crippen LogP contribution in [0.1, 0.15) is 21.0 Å². The van der Waals surface area contributed by atoms with Gasteiger partial charge in [0.25, 0.3) is 5.91 Å². The molecular weight excluding hydrogens is 248 g/mol.